The third-order valence-electron chi connectivity index (χ3n) is 6.79. The number of aromatic nitrogens is 5. The number of hydrogen-bond donors (Lipinski definition) is 4. The zero-order valence-corrected chi connectivity index (χ0v) is 24.3. The second kappa shape index (κ2) is 14.0. The molecule has 3 aromatic heterocycles. The molecule has 0 amide bonds. The number of rotatable bonds is 8. The predicted octanol–water partition coefficient (Wildman–Crippen LogP) is 4.82. The van der Waals surface area contributed by atoms with Crippen molar-refractivity contribution in [2.24, 2.45) is 0 Å². The summed E-state index contributed by atoms with van der Waals surface area (Å²) in [6.45, 7) is 5.58. The zero-order chi connectivity index (χ0) is 29.3. The van der Waals surface area contributed by atoms with E-state index in [9.17, 15) is 4.79 Å². The third kappa shape index (κ3) is 7.09. The Morgan fingerprint density at radius 3 is 2.33 bits per heavy atom. The fourth-order valence-corrected chi connectivity index (χ4v) is 5.52. The number of aldehydes is 1. The molecule has 1 atom stereocenters. The largest absolute Gasteiger partial charge is 0.363 e. The number of carbonyl (C=O) groups is 1. The van der Waals surface area contributed by atoms with Crippen molar-refractivity contribution in [2.75, 3.05) is 43.4 Å². The maximum Gasteiger partial charge on any atom is 0.225 e. The molecule has 0 saturated carbocycles. The lowest BCUT2D eigenvalue weighted by atomic mass is 10.1. The summed E-state index contributed by atoms with van der Waals surface area (Å²) in [5.41, 5.74) is 6.36. The van der Waals surface area contributed by atoms with E-state index < -0.39 is 0 Å². The van der Waals surface area contributed by atoms with Crippen LogP contribution in [0.2, 0.25) is 0 Å². The quantitative estimate of drug-likeness (QED) is 0.114. The number of nitrogens with zero attached hydrogens (tertiary/aromatic N) is 6. The normalized spacial score (nSPS) is 14.2. The summed E-state index contributed by atoms with van der Waals surface area (Å²) in [6, 6.07) is 21.2. The first-order valence-corrected chi connectivity index (χ1v) is 14.4. The molecule has 0 aliphatic carbocycles. The summed E-state index contributed by atoms with van der Waals surface area (Å²) in [7, 11) is 1.43. The van der Waals surface area contributed by atoms with Crippen molar-refractivity contribution < 1.29 is 10.0 Å². The van der Waals surface area contributed by atoms with Crippen molar-refractivity contribution in [3.05, 3.63) is 90.5 Å². The van der Waals surface area contributed by atoms with Crippen molar-refractivity contribution in [1.29, 1.82) is 0 Å². The van der Waals surface area contributed by atoms with Gasteiger partial charge in [0, 0.05) is 62.3 Å². The van der Waals surface area contributed by atoms with Crippen molar-refractivity contribution in [2.45, 2.75) is 17.9 Å². The smallest absolute Gasteiger partial charge is 0.225 e. The van der Waals surface area contributed by atoms with Gasteiger partial charge < -0.3 is 20.4 Å². The molecular formula is C30H33N9O2S. The molecule has 42 heavy (non-hydrogen) atoms. The molecule has 4 N–H and O–H groups in total. The number of H-pyrrole nitrogens is 1. The highest BCUT2D eigenvalue weighted by Crippen LogP contribution is 2.31. The Balaban J connectivity index is 0.00000113. The third-order valence-corrected chi connectivity index (χ3v) is 7.90. The van der Waals surface area contributed by atoms with Gasteiger partial charge in [-0.25, -0.2) is 29.7 Å². The molecule has 11 nitrogen and oxygen atoms in total. The highest BCUT2D eigenvalue weighted by molar-refractivity contribution is 7.97. The minimum atomic E-state index is 0.122. The molecule has 1 saturated heterocycles. The summed E-state index contributed by atoms with van der Waals surface area (Å²) >= 11 is 1.76. The molecule has 5 aromatic rings. The molecule has 0 radical (unpaired) electrons. The lowest BCUT2D eigenvalue weighted by Gasteiger charge is -2.33. The zero-order valence-electron chi connectivity index (χ0n) is 23.4. The van der Waals surface area contributed by atoms with Crippen molar-refractivity contribution in [3.63, 3.8) is 0 Å². The fraction of sp³-hybridized carbons (Fsp3) is 0.233. The number of fused-ring (bicyclic) bond motifs is 1. The minimum Gasteiger partial charge on any atom is -0.363 e. The molecule has 1 aliphatic rings. The Bertz CT molecular complexity index is 1570. The number of nitrogens with one attached hydrogen (secondary N) is 3. The first-order valence-electron chi connectivity index (χ1n) is 13.6. The number of carbonyl (C=O) groups excluding carboxylic acids is 1. The van der Waals surface area contributed by atoms with Crippen LogP contribution in [0.3, 0.4) is 0 Å². The Kier molecular flexibility index (Phi) is 9.72. The van der Waals surface area contributed by atoms with Gasteiger partial charge in [0.25, 0.3) is 0 Å². The maximum absolute atomic E-state index is 10.8. The number of anilines is 2. The lowest BCUT2D eigenvalue weighted by Crippen LogP contribution is -2.44. The molecule has 0 spiro atoms. The van der Waals surface area contributed by atoms with Crippen LogP contribution in [0.25, 0.3) is 22.3 Å². The fourth-order valence-electron chi connectivity index (χ4n) is 4.62. The lowest BCUT2D eigenvalue weighted by molar-refractivity contribution is 0.112. The molecule has 0 unspecified atom stereocenters. The SMILES string of the molecule is CNO.C[C@@H](Nc1ncnc2[nH]c(-c3ccc(SN4CCN(c5ncc(C=O)cn5)CC4)cc3)cc12)c1ccccc1. The van der Waals surface area contributed by atoms with Gasteiger partial charge in [-0.3, -0.25) is 4.79 Å². The highest BCUT2D eigenvalue weighted by Gasteiger charge is 2.20. The van der Waals surface area contributed by atoms with E-state index in [1.54, 1.807) is 36.1 Å². The number of hydroxylamine groups is 1. The van der Waals surface area contributed by atoms with Gasteiger partial charge in [-0.2, -0.15) is 0 Å². The van der Waals surface area contributed by atoms with Crippen LogP contribution >= 0.6 is 11.9 Å². The van der Waals surface area contributed by atoms with E-state index in [1.807, 2.05) is 18.2 Å². The van der Waals surface area contributed by atoms with Crippen LogP contribution in [0.1, 0.15) is 28.9 Å². The van der Waals surface area contributed by atoms with Gasteiger partial charge in [0.2, 0.25) is 5.95 Å². The highest BCUT2D eigenvalue weighted by atomic mass is 32.2. The van der Waals surface area contributed by atoms with E-state index >= 15 is 0 Å². The summed E-state index contributed by atoms with van der Waals surface area (Å²) in [5.74, 6) is 1.49. The number of aromatic amines is 1. The second-order valence-electron chi connectivity index (χ2n) is 9.63. The van der Waals surface area contributed by atoms with Crippen LogP contribution in [0, 0.1) is 0 Å². The van der Waals surface area contributed by atoms with Gasteiger partial charge in [0.05, 0.1) is 10.9 Å². The first kappa shape index (κ1) is 29.1. The Morgan fingerprint density at radius 1 is 0.976 bits per heavy atom. The average molecular weight is 584 g/mol. The van der Waals surface area contributed by atoms with Crippen LogP contribution in [0.5, 0.6) is 0 Å². The maximum atomic E-state index is 10.8. The molecule has 216 valence electrons. The molecule has 1 aliphatic heterocycles. The van der Waals surface area contributed by atoms with Gasteiger partial charge in [-0.15, -0.1) is 0 Å². The number of hydrogen-bond acceptors (Lipinski definition) is 11. The van der Waals surface area contributed by atoms with E-state index in [0.29, 0.717) is 11.5 Å². The van der Waals surface area contributed by atoms with Crippen molar-refractivity contribution >= 4 is 41.0 Å². The molecule has 6 rings (SSSR count). The van der Waals surface area contributed by atoms with E-state index in [0.717, 1.165) is 60.6 Å². The van der Waals surface area contributed by atoms with Gasteiger partial charge in [-0.1, -0.05) is 42.5 Å². The van der Waals surface area contributed by atoms with Gasteiger partial charge in [0.1, 0.15) is 17.8 Å². The van der Waals surface area contributed by atoms with E-state index in [4.69, 9.17) is 5.21 Å². The van der Waals surface area contributed by atoms with Crippen molar-refractivity contribution in [3.8, 4) is 11.3 Å². The topological polar surface area (TPSA) is 135 Å². The van der Waals surface area contributed by atoms with E-state index in [-0.39, 0.29) is 6.04 Å². The van der Waals surface area contributed by atoms with Gasteiger partial charge in [-0.05, 0) is 48.2 Å². The number of piperazine rings is 1. The average Bonchev–Trinajstić information content (AvgIpc) is 3.48. The Morgan fingerprint density at radius 2 is 1.67 bits per heavy atom. The summed E-state index contributed by atoms with van der Waals surface area (Å²) in [5, 5.41) is 11.8. The van der Waals surface area contributed by atoms with Crippen molar-refractivity contribution in [1.82, 2.24) is 34.7 Å². The molecule has 1 fully saturated rings. The minimum absolute atomic E-state index is 0.122. The van der Waals surface area contributed by atoms with Crippen LogP contribution in [0.15, 0.2) is 84.3 Å². The molecular weight excluding hydrogens is 550 g/mol. The van der Waals surface area contributed by atoms with E-state index in [1.165, 1.54) is 17.5 Å². The molecule has 4 heterocycles. The van der Waals surface area contributed by atoms with Crippen LogP contribution in [-0.4, -0.2) is 73.9 Å². The molecule has 2 aromatic carbocycles. The first-order chi connectivity index (χ1) is 20.6. The van der Waals surface area contributed by atoms with Gasteiger partial charge >= 0.3 is 0 Å². The summed E-state index contributed by atoms with van der Waals surface area (Å²) in [6.07, 6.45) is 5.49. The Hall–Kier alpha value is -4.36. The summed E-state index contributed by atoms with van der Waals surface area (Å²) < 4.78 is 2.36. The predicted molar refractivity (Wildman–Crippen MR) is 166 cm³/mol. The van der Waals surface area contributed by atoms with Crippen LogP contribution in [-0.2, 0) is 0 Å². The van der Waals surface area contributed by atoms with E-state index in [2.05, 4.69) is 88.8 Å². The monoisotopic (exact) mass is 583 g/mol. The molecule has 0 bridgehead atoms. The number of benzene rings is 2. The van der Waals surface area contributed by atoms with Crippen LogP contribution < -0.4 is 15.7 Å². The van der Waals surface area contributed by atoms with Crippen LogP contribution in [0.4, 0.5) is 11.8 Å². The molecule has 12 heteroatoms. The van der Waals surface area contributed by atoms with Gasteiger partial charge in [0.15, 0.2) is 6.29 Å². The summed E-state index contributed by atoms with van der Waals surface area (Å²) in [4.78, 5) is 35.2. The standard InChI is InChI=1S/C29H28N8OS.CH5NO/c1-20(22-5-3-2-4-6-22)34-27-25-15-26(35-28(25)33-19-32-27)23-7-9-24(10-8-23)39-37-13-11-36(12-14-37)29-30-16-21(18-38)17-31-29;1-2-3/h2-10,15-20H,11-14H2,1H3,(H2,32,33,34,35);2-3H,1H3/t20-;/m1./s1. The second-order valence-corrected chi connectivity index (χ2v) is 10.8. The Labute approximate surface area is 248 Å².